The van der Waals surface area contributed by atoms with Crippen LogP contribution < -0.4 is 10.5 Å². The normalized spacial score (nSPS) is 21.1. The maximum absolute atomic E-state index is 5.86. The first-order valence-electron chi connectivity index (χ1n) is 5.37. The van der Waals surface area contributed by atoms with Crippen molar-refractivity contribution in [1.29, 1.82) is 0 Å². The Morgan fingerprint density at radius 3 is 2.80 bits per heavy atom. The molecule has 1 saturated heterocycles. The minimum Gasteiger partial charge on any atom is -0.495 e. The van der Waals surface area contributed by atoms with Crippen molar-refractivity contribution in [1.82, 2.24) is 4.90 Å². The fourth-order valence-electron chi connectivity index (χ4n) is 1.92. The van der Waals surface area contributed by atoms with Crippen molar-refractivity contribution < 1.29 is 4.74 Å². The summed E-state index contributed by atoms with van der Waals surface area (Å²) in [5.74, 6) is 0.760. The molecule has 1 heterocycles. The molecule has 0 aliphatic carbocycles. The van der Waals surface area contributed by atoms with Gasteiger partial charge in [-0.25, -0.2) is 0 Å². The van der Waals surface area contributed by atoms with Crippen LogP contribution in [-0.2, 0) is 6.54 Å². The topological polar surface area (TPSA) is 38.5 Å². The van der Waals surface area contributed by atoms with Crippen molar-refractivity contribution in [2.45, 2.75) is 25.9 Å². The van der Waals surface area contributed by atoms with Gasteiger partial charge in [-0.2, -0.15) is 0 Å². The molecule has 1 unspecified atom stereocenters. The van der Waals surface area contributed by atoms with E-state index < -0.39 is 0 Å². The van der Waals surface area contributed by atoms with E-state index in [0.717, 1.165) is 18.0 Å². The molecule has 0 radical (unpaired) electrons. The number of hydrogen-bond donors (Lipinski definition) is 1. The number of nitrogens with zero attached hydrogens (tertiary/aromatic N) is 1. The van der Waals surface area contributed by atoms with E-state index in [4.69, 9.17) is 10.5 Å². The summed E-state index contributed by atoms with van der Waals surface area (Å²) >= 11 is 0. The average Bonchev–Trinajstić information content (AvgIpc) is 2.24. The molecular weight excluding hydrogens is 188 g/mol. The molecule has 2 N–H and O–H groups in total. The predicted molar refractivity (Wildman–Crippen MR) is 61.9 cm³/mol. The van der Waals surface area contributed by atoms with Crippen LogP contribution in [-0.4, -0.2) is 24.6 Å². The van der Waals surface area contributed by atoms with Gasteiger partial charge >= 0.3 is 0 Å². The zero-order valence-electron chi connectivity index (χ0n) is 9.36. The minimum atomic E-state index is 0.716. The molecule has 1 fully saturated rings. The standard InChI is InChI=1S/C12H18N2O/c1-9-5-6-14(9)8-10-3-4-12(15-2)11(13)7-10/h3-4,7,9H,5-6,8,13H2,1-2H3. The molecule has 0 saturated carbocycles. The Hall–Kier alpha value is -1.22. The SMILES string of the molecule is COc1ccc(CN2CCC2C)cc1N. The summed E-state index contributed by atoms with van der Waals surface area (Å²) < 4.78 is 5.13. The van der Waals surface area contributed by atoms with Crippen LogP contribution in [0.15, 0.2) is 18.2 Å². The van der Waals surface area contributed by atoms with Crippen molar-refractivity contribution in [2.75, 3.05) is 19.4 Å². The lowest BCUT2D eigenvalue weighted by Crippen LogP contribution is -2.44. The molecule has 0 bridgehead atoms. The molecule has 0 amide bonds. The first-order valence-corrected chi connectivity index (χ1v) is 5.37. The fraction of sp³-hybridized carbons (Fsp3) is 0.500. The van der Waals surface area contributed by atoms with Crippen LogP contribution in [0.5, 0.6) is 5.75 Å². The highest BCUT2D eigenvalue weighted by Gasteiger charge is 2.23. The van der Waals surface area contributed by atoms with Gasteiger partial charge in [0.15, 0.2) is 0 Å². The predicted octanol–water partition coefficient (Wildman–Crippen LogP) is 1.87. The van der Waals surface area contributed by atoms with Crippen LogP contribution in [0.1, 0.15) is 18.9 Å². The maximum atomic E-state index is 5.86. The Labute approximate surface area is 90.8 Å². The summed E-state index contributed by atoms with van der Waals surface area (Å²) in [5, 5.41) is 0. The number of hydrogen-bond acceptors (Lipinski definition) is 3. The van der Waals surface area contributed by atoms with Crippen molar-refractivity contribution in [3.8, 4) is 5.75 Å². The van der Waals surface area contributed by atoms with E-state index in [9.17, 15) is 0 Å². The van der Waals surface area contributed by atoms with Gasteiger partial charge < -0.3 is 10.5 Å². The number of ether oxygens (including phenoxy) is 1. The van der Waals surface area contributed by atoms with Gasteiger partial charge in [0, 0.05) is 19.1 Å². The molecule has 2 rings (SSSR count). The van der Waals surface area contributed by atoms with Crippen LogP contribution in [0, 0.1) is 0 Å². The molecule has 1 aliphatic heterocycles. The summed E-state index contributed by atoms with van der Waals surface area (Å²) in [6.07, 6.45) is 1.31. The highest BCUT2D eigenvalue weighted by Crippen LogP contribution is 2.25. The van der Waals surface area contributed by atoms with Gasteiger partial charge in [0.25, 0.3) is 0 Å². The number of likely N-dealkylation sites (tertiary alicyclic amines) is 1. The van der Waals surface area contributed by atoms with Crippen molar-refractivity contribution in [3.05, 3.63) is 23.8 Å². The van der Waals surface area contributed by atoms with Gasteiger partial charge in [-0.15, -0.1) is 0 Å². The number of anilines is 1. The fourth-order valence-corrected chi connectivity index (χ4v) is 1.92. The molecule has 3 nitrogen and oxygen atoms in total. The van der Waals surface area contributed by atoms with E-state index in [1.807, 2.05) is 12.1 Å². The summed E-state index contributed by atoms with van der Waals surface area (Å²) in [6.45, 7) is 4.46. The molecule has 1 aromatic rings. The van der Waals surface area contributed by atoms with Crippen LogP contribution in [0.3, 0.4) is 0 Å². The zero-order chi connectivity index (χ0) is 10.8. The first-order chi connectivity index (χ1) is 7.20. The summed E-state index contributed by atoms with van der Waals surface area (Å²) in [6, 6.07) is 6.74. The second-order valence-electron chi connectivity index (χ2n) is 4.18. The first kappa shape index (κ1) is 10.3. The van der Waals surface area contributed by atoms with E-state index in [2.05, 4.69) is 17.9 Å². The second kappa shape index (κ2) is 4.11. The number of nitrogen functional groups attached to an aromatic ring is 1. The minimum absolute atomic E-state index is 0.716. The van der Waals surface area contributed by atoms with Crippen LogP contribution in [0.2, 0.25) is 0 Å². The van der Waals surface area contributed by atoms with Gasteiger partial charge in [0.1, 0.15) is 5.75 Å². The Bertz CT molecular complexity index is 351. The van der Waals surface area contributed by atoms with E-state index in [0.29, 0.717) is 6.04 Å². The lowest BCUT2D eigenvalue weighted by molar-refractivity contribution is 0.0959. The van der Waals surface area contributed by atoms with E-state index in [1.165, 1.54) is 18.5 Å². The van der Waals surface area contributed by atoms with Crippen molar-refractivity contribution in [2.24, 2.45) is 0 Å². The van der Waals surface area contributed by atoms with Gasteiger partial charge in [-0.3, -0.25) is 4.90 Å². The van der Waals surface area contributed by atoms with E-state index >= 15 is 0 Å². The smallest absolute Gasteiger partial charge is 0.141 e. The Morgan fingerprint density at radius 1 is 1.53 bits per heavy atom. The number of methoxy groups -OCH3 is 1. The Balaban J connectivity index is 2.06. The third kappa shape index (κ3) is 2.07. The van der Waals surface area contributed by atoms with Crippen LogP contribution in [0.4, 0.5) is 5.69 Å². The molecule has 15 heavy (non-hydrogen) atoms. The van der Waals surface area contributed by atoms with E-state index in [-0.39, 0.29) is 0 Å². The quantitative estimate of drug-likeness (QED) is 0.767. The molecule has 0 aromatic heterocycles. The molecular formula is C12H18N2O. The Morgan fingerprint density at radius 2 is 2.33 bits per heavy atom. The molecule has 1 aliphatic rings. The molecule has 1 atom stereocenters. The van der Waals surface area contributed by atoms with Gasteiger partial charge in [0.05, 0.1) is 12.8 Å². The lowest BCUT2D eigenvalue weighted by atomic mass is 10.0. The average molecular weight is 206 g/mol. The Kier molecular flexibility index (Phi) is 2.82. The highest BCUT2D eigenvalue weighted by atomic mass is 16.5. The summed E-state index contributed by atoms with van der Waals surface area (Å²) in [7, 11) is 1.64. The van der Waals surface area contributed by atoms with Crippen molar-refractivity contribution >= 4 is 5.69 Å². The summed E-state index contributed by atoms with van der Waals surface area (Å²) in [4.78, 5) is 2.45. The van der Waals surface area contributed by atoms with Crippen molar-refractivity contribution in [3.63, 3.8) is 0 Å². The van der Waals surface area contributed by atoms with Gasteiger partial charge in [-0.1, -0.05) is 6.07 Å². The third-order valence-electron chi connectivity index (χ3n) is 3.14. The van der Waals surface area contributed by atoms with E-state index in [1.54, 1.807) is 7.11 Å². The van der Waals surface area contributed by atoms with Crippen LogP contribution in [0.25, 0.3) is 0 Å². The van der Waals surface area contributed by atoms with Crippen LogP contribution >= 0.6 is 0 Å². The zero-order valence-corrected chi connectivity index (χ0v) is 9.36. The lowest BCUT2D eigenvalue weighted by Gasteiger charge is -2.38. The maximum Gasteiger partial charge on any atom is 0.141 e. The molecule has 1 aromatic carbocycles. The number of benzene rings is 1. The molecule has 0 spiro atoms. The molecule has 82 valence electrons. The highest BCUT2D eigenvalue weighted by molar-refractivity contribution is 5.54. The largest absolute Gasteiger partial charge is 0.495 e. The summed E-state index contributed by atoms with van der Waals surface area (Å²) in [5.41, 5.74) is 7.85. The third-order valence-corrected chi connectivity index (χ3v) is 3.14. The van der Waals surface area contributed by atoms with Gasteiger partial charge in [-0.05, 0) is 31.0 Å². The number of nitrogens with two attached hydrogens (primary N) is 1. The second-order valence-corrected chi connectivity index (χ2v) is 4.18. The monoisotopic (exact) mass is 206 g/mol. The number of rotatable bonds is 3. The van der Waals surface area contributed by atoms with Gasteiger partial charge in [0.2, 0.25) is 0 Å². The molecule has 3 heteroatoms.